The first kappa shape index (κ1) is 27.5. The zero-order chi connectivity index (χ0) is 23.4. The molecule has 178 valence electrons. The topological polar surface area (TPSA) is 168 Å². The predicted molar refractivity (Wildman–Crippen MR) is 124 cm³/mol. The summed E-state index contributed by atoms with van der Waals surface area (Å²) in [5.41, 5.74) is 11.2. The van der Waals surface area contributed by atoms with Gasteiger partial charge in [-0.15, -0.1) is 0 Å². The molecule has 4 atom stereocenters. The molecule has 1 rings (SSSR count). The Kier molecular flexibility index (Phi) is 12.9. The van der Waals surface area contributed by atoms with E-state index in [1.165, 1.54) is 16.7 Å². The zero-order valence-corrected chi connectivity index (χ0v) is 19.6. The van der Waals surface area contributed by atoms with Gasteiger partial charge in [0.2, 0.25) is 17.7 Å². The lowest BCUT2D eigenvalue weighted by Gasteiger charge is -2.28. The molecule has 1 aliphatic rings. The van der Waals surface area contributed by atoms with Crippen molar-refractivity contribution in [2.24, 2.45) is 11.5 Å². The van der Waals surface area contributed by atoms with Crippen molar-refractivity contribution in [2.75, 3.05) is 30.9 Å². The number of carboxylic acid groups (broad SMARTS) is 1. The number of aliphatic carboxylic acids is 1. The van der Waals surface area contributed by atoms with E-state index >= 15 is 0 Å². The number of thiol groups is 1. The molecular weight excluding hydrogens is 442 g/mol. The van der Waals surface area contributed by atoms with Gasteiger partial charge in [0.25, 0.3) is 0 Å². The van der Waals surface area contributed by atoms with E-state index in [0.29, 0.717) is 50.9 Å². The number of carbonyl (C=O) groups is 4. The van der Waals surface area contributed by atoms with Crippen LogP contribution in [0.5, 0.6) is 0 Å². The van der Waals surface area contributed by atoms with Gasteiger partial charge in [-0.1, -0.05) is 0 Å². The number of carbonyl (C=O) groups excluding carboxylic acids is 3. The summed E-state index contributed by atoms with van der Waals surface area (Å²) in [6, 6.07) is -3.45. The third-order valence-electron chi connectivity index (χ3n) is 5.16. The Morgan fingerprint density at radius 2 is 1.90 bits per heavy atom. The van der Waals surface area contributed by atoms with Crippen LogP contribution in [0.4, 0.5) is 0 Å². The smallest absolute Gasteiger partial charge is 0.326 e. The van der Waals surface area contributed by atoms with E-state index in [2.05, 4.69) is 23.3 Å². The Balaban J connectivity index is 2.83. The molecule has 0 saturated carbocycles. The number of unbranched alkanes of at least 4 members (excludes halogenated alkanes) is 1. The van der Waals surface area contributed by atoms with Crippen molar-refractivity contribution in [3.63, 3.8) is 0 Å². The van der Waals surface area contributed by atoms with Crippen molar-refractivity contribution < 1.29 is 24.3 Å². The van der Waals surface area contributed by atoms with E-state index in [9.17, 15) is 24.3 Å². The molecule has 1 heterocycles. The van der Waals surface area contributed by atoms with Crippen LogP contribution in [-0.4, -0.2) is 88.7 Å². The molecule has 4 unspecified atom stereocenters. The number of nitrogens with two attached hydrogens (primary N) is 2. The van der Waals surface area contributed by atoms with E-state index in [1.807, 2.05) is 6.26 Å². The molecule has 1 fully saturated rings. The second-order valence-electron chi connectivity index (χ2n) is 7.51. The second-order valence-corrected chi connectivity index (χ2v) is 8.86. The van der Waals surface area contributed by atoms with Gasteiger partial charge in [0.05, 0.1) is 6.04 Å². The molecule has 1 saturated heterocycles. The molecule has 7 N–H and O–H groups in total. The van der Waals surface area contributed by atoms with Crippen molar-refractivity contribution in [3.8, 4) is 0 Å². The Bertz CT molecular complexity index is 624. The highest BCUT2D eigenvalue weighted by Crippen LogP contribution is 2.19. The lowest BCUT2D eigenvalue weighted by atomic mass is 10.1. The number of hydrogen-bond donors (Lipinski definition) is 6. The minimum atomic E-state index is -1.13. The van der Waals surface area contributed by atoms with Crippen LogP contribution >= 0.6 is 24.4 Å². The van der Waals surface area contributed by atoms with Gasteiger partial charge in [-0.25, -0.2) is 4.79 Å². The van der Waals surface area contributed by atoms with Gasteiger partial charge in [0.1, 0.15) is 18.1 Å². The zero-order valence-electron chi connectivity index (χ0n) is 17.9. The first-order chi connectivity index (χ1) is 14.8. The summed E-state index contributed by atoms with van der Waals surface area (Å²) >= 11 is 5.56. The normalized spacial score (nSPS) is 18.8. The molecule has 0 radical (unpaired) electrons. The standard InChI is InChI=1S/C19H35N5O5S2/c1-31-10-7-13(16(25)23-14(19(28)29)5-2-3-8-20)22-17(26)15-6-4-9-24(15)18(27)12(21)11-30/h12-15,30H,2-11,20-21H2,1H3,(H,22,26)(H,23,25)(H,28,29). The molecule has 0 aliphatic carbocycles. The first-order valence-corrected chi connectivity index (χ1v) is 12.5. The van der Waals surface area contributed by atoms with Crippen LogP contribution < -0.4 is 22.1 Å². The number of nitrogens with zero attached hydrogens (tertiary/aromatic N) is 1. The highest BCUT2D eigenvalue weighted by molar-refractivity contribution is 7.98. The summed E-state index contributed by atoms with van der Waals surface area (Å²) in [7, 11) is 0. The molecule has 0 bridgehead atoms. The fraction of sp³-hybridized carbons (Fsp3) is 0.789. The third kappa shape index (κ3) is 8.87. The average molecular weight is 478 g/mol. The Morgan fingerprint density at radius 3 is 2.48 bits per heavy atom. The fourth-order valence-electron chi connectivity index (χ4n) is 3.39. The van der Waals surface area contributed by atoms with Gasteiger partial charge in [-0.2, -0.15) is 24.4 Å². The van der Waals surface area contributed by atoms with E-state index < -0.39 is 42.0 Å². The molecule has 3 amide bonds. The summed E-state index contributed by atoms with van der Waals surface area (Å²) < 4.78 is 0. The van der Waals surface area contributed by atoms with Crippen LogP contribution in [0.15, 0.2) is 0 Å². The van der Waals surface area contributed by atoms with Crippen LogP contribution in [0.1, 0.15) is 38.5 Å². The van der Waals surface area contributed by atoms with Gasteiger partial charge in [0, 0.05) is 12.3 Å². The van der Waals surface area contributed by atoms with Gasteiger partial charge < -0.3 is 32.1 Å². The molecule has 1 aliphatic heterocycles. The van der Waals surface area contributed by atoms with Crippen LogP contribution in [0, 0.1) is 0 Å². The number of nitrogens with one attached hydrogen (secondary N) is 2. The molecule has 12 heteroatoms. The van der Waals surface area contributed by atoms with E-state index in [1.54, 1.807) is 0 Å². The maximum absolute atomic E-state index is 12.9. The molecule has 10 nitrogen and oxygen atoms in total. The molecule has 0 aromatic heterocycles. The number of likely N-dealkylation sites (tertiary alicyclic amines) is 1. The fourth-order valence-corrected chi connectivity index (χ4v) is 4.02. The van der Waals surface area contributed by atoms with Crippen molar-refractivity contribution in [1.82, 2.24) is 15.5 Å². The average Bonchev–Trinajstić information content (AvgIpc) is 3.24. The largest absolute Gasteiger partial charge is 0.480 e. The number of hydrogen-bond acceptors (Lipinski definition) is 8. The van der Waals surface area contributed by atoms with Crippen molar-refractivity contribution >= 4 is 48.1 Å². The van der Waals surface area contributed by atoms with Gasteiger partial charge in [-0.3, -0.25) is 14.4 Å². The molecule has 0 aromatic rings. The quantitative estimate of drug-likeness (QED) is 0.139. The summed E-state index contributed by atoms with van der Waals surface area (Å²) in [6.45, 7) is 0.864. The van der Waals surface area contributed by atoms with Crippen LogP contribution in [0.2, 0.25) is 0 Å². The first-order valence-electron chi connectivity index (χ1n) is 10.5. The number of amides is 3. The highest BCUT2D eigenvalue weighted by atomic mass is 32.2. The minimum Gasteiger partial charge on any atom is -0.480 e. The van der Waals surface area contributed by atoms with E-state index in [-0.39, 0.29) is 18.1 Å². The van der Waals surface area contributed by atoms with Crippen LogP contribution in [-0.2, 0) is 19.2 Å². The summed E-state index contributed by atoms with van der Waals surface area (Å²) in [5.74, 6) is -1.69. The second kappa shape index (κ2) is 14.5. The van der Waals surface area contributed by atoms with Crippen LogP contribution in [0.3, 0.4) is 0 Å². The molecule has 0 spiro atoms. The van der Waals surface area contributed by atoms with Crippen LogP contribution in [0.25, 0.3) is 0 Å². The number of thioether (sulfide) groups is 1. The molecule has 31 heavy (non-hydrogen) atoms. The molecule has 0 aromatic carbocycles. The van der Waals surface area contributed by atoms with Gasteiger partial charge in [-0.05, 0) is 57.1 Å². The van der Waals surface area contributed by atoms with Gasteiger partial charge in [0.15, 0.2) is 0 Å². The molecular formula is C19H35N5O5S2. The number of rotatable bonds is 14. The Labute approximate surface area is 193 Å². The van der Waals surface area contributed by atoms with Crippen molar-refractivity contribution in [1.29, 1.82) is 0 Å². The minimum absolute atomic E-state index is 0.170. The number of carboxylic acids is 1. The SMILES string of the molecule is CSCCC(NC(=O)C1CCCN1C(=O)C(N)CS)C(=O)NC(CCCCN)C(=O)O. The summed E-state index contributed by atoms with van der Waals surface area (Å²) in [6.07, 6.45) is 4.84. The Hall–Kier alpha value is -1.50. The lowest BCUT2D eigenvalue weighted by molar-refractivity contribution is -0.143. The third-order valence-corrected chi connectivity index (χ3v) is 6.19. The monoisotopic (exact) mass is 477 g/mol. The predicted octanol–water partition coefficient (Wildman–Crippen LogP) is -0.829. The van der Waals surface area contributed by atoms with E-state index in [4.69, 9.17) is 11.5 Å². The Morgan fingerprint density at radius 1 is 1.19 bits per heavy atom. The lowest BCUT2D eigenvalue weighted by Crippen LogP contribution is -2.56. The maximum Gasteiger partial charge on any atom is 0.326 e. The van der Waals surface area contributed by atoms with Gasteiger partial charge >= 0.3 is 5.97 Å². The van der Waals surface area contributed by atoms with Crippen molar-refractivity contribution in [2.45, 2.75) is 62.7 Å². The highest BCUT2D eigenvalue weighted by Gasteiger charge is 2.37. The maximum atomic E-state index is 12.9. The summed E-state index contributed by atoms with van der Waals surface area (Å²) in [5, 5.41) is 14.6. The van der Waals surface area contributed by atoms with Crippen molar-refractivity contribution in [3.05, 3.63) is 0 Å². The summed E-state index contributed by atoms with van der Waals surface area (Å²) in [4.78, 5) is 51.1. The van der Waals surface area contributed by atoms with E-state index in [0.717, 1.165) is 0 Å².